The van der Waals surface area contributed by atoms with Gasteiger partial charge in [0, 0.05) is 44.8 Å². The average Bonchev–Trinajstić information content (AvgIpc) is 3.20. The summed E-state index contributed by atoms with van der Waals surface area (Å²) in [4.78, 5) is 19.2. The van der Waals surface area contributed by atoms with Gasteiger partial charge in [-0.1, -0.05) is 55.8 Å². The highest BCUT2D eigenvalue weighted by Crippen LogP contribution is 2.32. The summed E-state index contributed by atoms with van der Waals surface area (Å²) in [5.74, 6) is 1.90. The number of hydrogen-bond acceptors (Lipinski definition) is 5. The maximum absolute atomic E-state index is 12.8. The van der Waals surface area contributed by atoms with Crippen LogP contribution < -0.4 is 0 Å². The summed E-state index contributed by atoms with van der Waals surface area (Å²) in [6.07, 6.45) is 4.76. The fourth-order valence-electron chi connectivity index (χ4n) is 4.02. The number of carbonyl (C=O) groups is 1. The third kappa shape index (κ3) is 5.67. The molecule has 0 radical (unpaired) electrons. The molecular weight excluding hydrogens is 480 g/mol. The standard InChI is InChI=1S/C26H30N4O3S2/c1-4-5-10-24-28-26-25(22(31)15-16-34-26)30(24)17-19-11-13-20(14-12-19)21-8-6-7-9-23(21)35(32,33)27-18-29(2)3/h6-9,11-14,18H,4-5,10,15-17H2,1-3H3/b27-18+. The summed E-state index contributed by atoms with van der Waals surface area (Å²) in [6, 6.07) is 14.7. The molecule has 0 aliphatic carbocycles. The summed E-state index contributed by atoms with van der Waals surface area (Å²) >= 11 is 1.66. The molecule has 1 aliphatic rings. The van der Waals surface area contributed by atoms with Crippen molar-refractivity contribution < 1.29 is 13.2 Å². The monoisotopic (exact) mass is 510 g/mol. The van der Waals surface area contributed by atoms with E-state index in [1.165, 1.54) is 6.34 Å². The number of rotatable bonds is 9. The lowest BCUT2D eigenvalue weighted by molar-refractivity contribution is 0.0975. The predicted molar refractivity (Wildman–Crippen MR) is 141 cm³/mol. The van der Waals surface area contributed by atoms with Crippen molar-refractivity contribution in [3.63, 3.8) is 0 Å². The van der Waals surface area contributed by atoms with Gasteiger partial charge in [0.05, 0.1) is 4.90 Å². The SMILES string of the molecule is CCCCc1nc2c(n1Cc1ccc(-c3ccccc3S(=O)(=O)/N=C/N(C)C)cc1)C(=O)CCS2. The number of nitrogens with zero attached hydrogens (tertiary/aromatic N) is 4. The van der Waals surface area contributed by atoms with E-state index in [9.17, 15) is 13.2 Å². The first-order chi connectivity index (χ1) is 16.8. The van der Waals surface area contributed by atoms with Gasteiger partial charge in [0.2, 0.25) is 0 Å². The Balaban J connectivity index is 1.65. The molecule has 9 heteroatoms. The van der Waals surface area contributed by atoms with Gasteiger partial charge in [0.25, 0.3) is 10.0 Å². The molecule has 0 saturated heterocycles. The number of carbonyl (C=O) groups excluding carboxylic acids is 1. The Morgan fingerprint density at radius 1 is 1.14 bits per heavy atom. The highest BCUT2D eigenvalue weighted by atomic mass is 32.2. The Kier molecular flexibility index (Phi) is 7.76. The van der Waals surface area contributed by atoms with E-state index in [0.29, 0.717) is 18.5 Å². The van der Waals surface area contributed by atoms with Crippen molar-refractivity contribution in [3.8, 4) is 11.1 Å². The van der Waals surface area contributed by atoms with Crippen LogP contribution in [-0.2, 0) is 23.0 Å². The molecule has 3 aromatic rings. The number of sulfonamides is 1. The number of hydrogen-bond donors (Lipinski definition) is 0. The maximum Gasteiger partial charge on any atom is 0.284 e. The zero-order chi connectivity index (χ0) is 25.0. The smallest absolute Gasteiger partial charge is 0.284 e. The van der Waals surface area contributed by atoms with Gasteiger partial charge in [-0.3, -0.25) is 4.79 Å². The lowest BCUT2D eigenvalue weighted by Crippen LogP contribution is -2.16. The van der Waals surface area contributed by atoms with Crippen molar-refractivity contribution in [2.45, 2.75) is 49.1 Å². The van der Waals surface area contributed by atoms with Crippen molar-refractivity contribution in [3.05, 3.63) is 65.6 Å². The molecule has 4 rings (SSSR count). The van der Waals surface area contributed by atoms with Crippen LogP contribution in [0.5, 0.6) is 0 Å². The first-order valence-corrected chi connectivity index (χ1v) is 14.1. The van der Waals surface area contributed by atoms with E-state index in [4.69, 9.17) is 4.98 Å². The summed E-state index contributed by atoms with van der Waals surface area (Å²) in [5.41, 5.74) is 3.15. The second kappa shape index (κ2) is 10.8. The quantitative estimate of drug-likeness (QED) is 0.301. The molecule has 0 amide bonds. The zero-order valence-electron chi connectivity index (χ0n) is 20.3. The number of imidazole rings is 1. The van der Waals surface area contributed by atoms with E-state index < -0.39 is 10.0 Å². The zero-order valence-corrected chi connectivity index (χ0v) is 21.9. The van der Waals surface area contributed by atoms with E-state index in [1.54, 1.807) is 49.0 Å². The summed E-state index contributed by atoms with van der Waals surface area (Å²) < 4.78 is 31.5. The Morgan fingerprint density at radius 2 is 1.89 bits per heavy atom. The largest absolute Gasteiger partial charge is 0.368 e. The summed E-state index contributed by atoms with van der Waals surface area (Å²) in [7, 11) is -0.394. The van der Waals surface area contributed by atoms with Gasteiger partial charge in [0.1, 0.15) is 22.9 Å². The number of Topliss-reactive ketones (excluding diaryl/α,β-unsaturated/α-hetero) is 1. The number of ketones is 1. The fourth-order valence-corrected chi connectivity index (χ4v) is 6.17. The molecule has 1 aliphatic heterocycles. The van der Waals surface area contributed by atoms with Crippen molar-refractivity contribution in [1.29, 1.82) is 0 Å². The van der Waals surface area contributed by atoms with Gasteiger partial charge in [-0.05, 0) is 23.6 Å². The van der Waals surface area contributed by atoms with E-state index in [0.717, 1.165) is 52.7 Å². The summed E-state index contributed by atoms with van der Waals surface area (Å²) in [6.45, 7) is 2.71. The topological polar surface area (TPSA) is 84.6 Å². The lowest BCUT2D eigenvalue weighted by atomic mass is 10.0. The van der Waals surface area contributed by atoms with Crippen LogP contribution in [0.3, 0.4) is 0 Å². The molecule has 0 spiro atoms. The normalized spacial score (nSPS) is 13.9. The molecule has 35 heavy (non-hydrogen) atoms. The molecule has 0 bridgehead atoms. The first kappa shape index (κ1) is 25.2. The first-order valence-electron chi connectivity index (χ1n) is 11.7. The highest BCUT2D eigenvalue weighted by molar-refractivity contribution is 7.99. The number of thioether (sulfide) groups is 1. The highest BCUT2D eigenvalue weighted by Gasteiger charge is 2.26. The average molecular weight is 511 g/mol. The number of fused-ring (bicyclic) bond motifs is 1. The van der Waals surface area contributed by atoms with Crippen LogP contribution in [0, 0.1) is 0 Å². The molecule has 0 N–H and O–H groups in total. The Bertz CT molecular complexity index is 1340. The molecular formula is C26H30N4O3S2. The molecule has 7 nitrogen and oxygen atoms in total. The van der Waals surface area contributed by atoms with Gasteiger partial charge in [0.15, 0.2) is 5.78 Å². The molecule has 0 atom stereocenters. The summed E-state index contributed by atoms with van der Waals surface area (Å²) in [5, 5.41) is 0.849. The van der Waals surface area contributed by atoms with Gasteiger partial charge in [-0.25, -0.2) is 4.98 Å². The molecule has 0 unspecified atom stereocenters. The fraction of sp³-hybridized carbons (Fsp3) is 0.346. The Hall–Kier alpha value is -2.91. The van der Waals surface area contributed by atoms with E-state index in [2.05, 4.69) is 15.9 Å². The van der Waals surface area contributed by atoms with Crippen LogP contribution in [0.4, 0.5) is 0 Å². The molecule has 0 fully saturated rings. The molecule has 0 saturated carbocycles. The van der Waals surface area contributed by atoms with Gasteiger partial charge < -0.3 is 9.47 Å². The molecule has 1 aromatic heterocycles. The number of benzene rings is 2. The van der Waals surface area contributed by atoms with Crippen LogP contribution in [0.15, 0.2) is 62.9 Å². The minimum absolute atomic E-state index is 0.156. The van der Waals surface area contributed by atoms with E-state index in [1.807, 2.05) is 30.3 Å². The lowest BCUT2D eigenvalue weighted by Gasteiger charge is -2.15. The Morgan fingerprint density at radius 3 is 2.60 bits per heavy atom. The predicted octanol–water partition coefficient (Wildman–Crippen LogP) is 4.90. The second-order valence-corrected chi connectivity index (χ2v) is 11.4. The van der Waals surface area contributed by atoms with Crippen LogP contribution in [0.2, 0.25) is 0 Å². The third-order valence-electron chi connectivity index (χ3n) is 5.79. The minimum Gasteiger partial charge on any atom is -0.368 e. The van der Waals surface area contributed by atoms with Gasteiger partial charge in [-0.2, -0.15) is 8.42 Å². The number of unbranched alkanes of at least 4 members (excludes halogenated alkanes) is 1. The number of aryl methyl sites for hydroxylation is 1. The van der Waals surface area contributed by atoms with Crippen LogP contribution >= 0.6 is 11.8 Å². The van der Waals surface area contributed by atoms with Crippen molar-refractivity contribution in [2.75, 3.05) is 19.8 Å². The number of aromatic nitrogens is 2. The van der Waals surface area contributed by atoms with Crippen molar-refractivity contribution in [2.24, 2.45) is 4.40 Å². The van der Waals surface area contributed by atoms with Crippen molar-refractivity contribution >= 4 is 33.9 Å². The third-order valence-corrected chi connectivity index (χ3v) is 8.04. The Labute approximate surface area is 211 Å². The van der Waals surface area contributed by atoms with Crippen LogP contribution in [-0.4, -0.2) is 54.8 Å². The van der Waals surface area contributed by atoms with Crippen LogP contribution in [0.25, 0.3) is 11.1 Å². The second-order valence-electron chi connectivity index (χ2n) is 8.75. The van der Waals surface area contributed by atoms with Gasteiger partial charge in [-0.15, -0.1) is 16.2 Å². The van der Waals surface area contributed by atoms with Crippen molar-refractivity contribution in [1.82, 2.24) is 14.5 Å². The molecule has 184 valence electrons. The minimum atomic E-state index is -3.84. The van der Waals surface area contributed by atoms with E-state index in [-0.39, 0.29) is 10.7 Å². The van der Waals surface area contributed by atoms with Crippen LogP contribution in [0.1, 0.15) is 48.1 Å². The van der Waals surface area contributed by atoms with E-state index >= 15 is 0 Å². The maximum atomic E-state index is 12.8. The molecule has 2 heterocycles. The molecule has 2 aromatic carbocycles. The van der Waals surface area contributed by atoms with Gasteiger partial charge >= 0.3 is 0 Å².